The lowest BCUT2D eigenvalue weighted by atomic mass is 9.92. The molecule has 2 atom stereocenters. The Morgan fingerprint density at radius 2 is 2.00 bits per heavy atom. The highest BCUT2D eigenvalue weighted by atomic mass is 32.1. The number of nitrogens with zero attached hydrogens (tertiary/aromatic N) is 3. The van der Waals surface area contributed by atoms with Gasteiger partial charge in [-0.1, -0.05) is 13.8 Å². The van der Waals surface area contributed by atoms with Crippen molar-refractivity contribution in [2.75, 3.05) is 23.7 Å². The minimum Gasteiger partial charge on any atom is -0.382 e. The third-order valence-corrected chi connectivity index (χ3v) is 5.43. The Hall–Kier alpha value is -1.14. The number of nitrogens with two attached hydrogens (primary N) is 1. The fourth-order valence-electron chi connectivity index (χ4n) is 3.06. The highest BCUT2D eigenvalue weighted by Crippen LogP contribution is 2.41. The van der Waals surface area contributed by atoms with Gasteiger partial charge in [0.25, 0.3) is 0 Å². The Kier molecular flexibility index (Phi) is 3.69. The minimum atomic E-state index is 0.612. The Morgan fingerprint density at radius 3 is 2.60 bits per heavy atom. The molecule has 2 aromatic rings. The van der Waals surface area contributed by atoms with Crippen molar-refractivity contribution in [3.8, 4) is 11.3 Å². The third-order valence-electron chi connectivity index (χ3n) is 3.73. The van der Waals surface area contributed by atoms with E-state index in [0.29, 0.717) is 17.7 Å². The molecular formula is C14H20N4S2. The van der Waals surface area contributed by atoms with Crippen LogP contribution in [0.15, 0.2) is 5.38 Å². The van der Waals surface area contributed by atoms with Gasteiger partial charge >= 0.3 is 0 Å². The van der Waals surface area contributed by atoms with Gasteiger partial charge in [0, 0.05) is 18.5 Å². The summed E-state index contributed by atoms with van der Waals surface area (Å²) in [6, 6.07) is 0. The Balaban J connectivity index is 1.98. The largest absolute Gasteiger partial charge is 0.382 e. The predicted octanol–water partition coefficient (Wildman–Crippen LogP) is 3.64. The van der Waals surface area contributed by atoms with E-state index in [-0.39, 0.29) is 0 Å². The van der Waals surface area contributed by atoms with Crippen molar-refractivity contribution in [1.29, 1.82) is 0 Å². The summed E-state index contributed by atoms with van der Waals surface area (Å²) in [6.07, 6.45) is 1.30. The van der Waals surface area contributed by atoms with E-state index in [9.17, 15) is 0 Å². The molecule has 3 heterocycles. The molecule has 0 amide bonds. The molecule has 1 aliphatic heterocycles. The van der Waals surface area contributed by atoms with Crippen LogP contribution in [0.3, 0.4) is 0 Å². The van der Waals surface area contributed by atoms with Gasteiger partial charge in [0.2, 0.25) is 0 Å². The fraction of sp³-hybridized carbons (Fsp3) is 0.571. The van der Waals surface area contributed by atoms with E-state index in [2.05, 4.69) is 33.5 Å². The molecular weight excluding hydrogens is 288 g/mol. The van der Waals surface area contributed by atoms with Crippen LogP contribution < -0.4 is 10.6 Å². The molecule has 0 saturated carbocycles. The zero-order chi connectivity index (χ0) is 14.3. The van der Waals surface area contributed by atoms with Gasteiger partial charge in [0.15, 0.2) is 0 Å². The first kappa shape index (κ1) is 13.8. The van der Waals surface area contributed by atoms with Gasteiger partial charge in [-0.3, -0.25) is 0 Å². The topological polar surface area (TPSA) is 55.0 Å². The number of aromatic nitrogens is 2. The quantitative estimate of drug-likeness (QED) is 0.920. The molecule has 0 bridgehead atoms. The second-order valence-electron chi connectivity index (χ2n) is 5.85. The average molecular weight is 308 g/mol. The predicted molar refractivity (Wildman–Crippen MR) is 87.5 cm³/mol. The minimum absolute atomic E-state index is 0.612. The Morgan fingerprint density at radius 1 is 1.30 bits per heavy atom. The summed E-state index contributed by atoms with van der Waals surface area (Å²) in [5.74, 6) is 2.04. The summed E-state index contributed by atoms with van der Waals surface area (Å²) in [4.78, 5) is 7.03. The van der Waals surface area contributed by atoms with Crippen LogP contribution in [0.5, 0.6) is 0 Å². The van der Waals surface area contributed by atoms with Crippen LogP contribution in [0.2, 0.25) is 0 Å². The first-order valence-corrected chi connectivity index (χ1v) is 8.62. The standard InChI is InChI=1S/C14H20N4S2/c1-8-4-9(2)6-18(5-8)14-12(13(15)17-20-14)11-7-19-10(3)16-11/h7-9H,4-6H2,1-3H3,(H2,15,17). The molecule has 2 aromatic heterocycles. The van der Waals surface area contributed by atoms with Crippen LogP contribution in [0.25, 0.3) is 11.3 Å². The number of anilines is 2. The number of piperidine rings is 1. The fourth-order valence-corrected chi connectivity index (χ4v) is 4.50. The normalized spacial score (nSPS) is 23.2. The maximum absolute atomic E-state index is 6.10. The molecule has 2 N–H and O–H groups in total. The van der Waals surface area contributed by atoms with Crippen LogP contribution in [0, 0.1) is 18.8 Å². The maximum atomic E-state index is 6.10. The molecule has 4 nitrogen and oxygen atoms in total. The Bertz CT molecular complexity index is 594. The molecule has 1 saturated heterocycles. The molecule has 2 unspecified atom stereocenters. The summed E-state index contributed by atoms with van der Waals surface area (Å²) in [7, 11) is 0. The van der Waals surface area contributed by atoms with E-state index in [1.165, 1.54) is 23.0 Å². The maximum Gasteiger partial charge on any atom is 0.148 e. The number of nitrogen functional groups attached to an aromatic ring is 1. The van der Waals surface area contributed by atoms with E-state index in [0.717, 1.165) is 29.4 Å². The molecule has 3 rings (SSSR count). The lowest BCUT2D eigenvalue weighted by Crippen LogP contribution is -2.38. The first-order valence-electron chi connectivity index (χ1n) is 6.97. The van der Waals surface area contributed by atoms with E-state index in [4.69, 9.17) is 5.73 Å². The third kappa shape index (κ3) is 2.54. The molecule has 108 valence electrons. The Labute approximate surface area is 127 Å². The second-order valence-corrected chi connectivity index (χ2v) is 7.66. The van der Waals surface area contributed by atoms with Gasteiger partial charge in [-0.15, -0.1) is 11.3 Å². The van der Waals surface area contributed by atoms with Crippen LogP contribution in [0.4, 0.5) is 10.8 Å². The number of hydrogen-bond donors (Lipinski definition) is 1. The summed E-state index contributed by atoms with van der Waals surface area (Å²) in [5.41, 5.74) is 8.10. The van der Waals surface area contributed by atoms with Gasteiger partial charge in [0.05, 0.1) is 16.3 Å². The van der Waals surface area contributed by atoms with Crippen LogP contribution in [0.1, 0.15) is 25.3 Å². The lowest BCUT2D eigenvalue weighted by Gasteiger charge is -2.35. The molecule has 0 aromatic carbocycles. The molecule has 0 radical (unpaired) electrons. The number of aryl methyl sites for hydroxylation is 1. The van der Waals surface area contributed by atoms with E-state index < -0.39 is 0 Å². The van der Waals surface area contributed by atoms with Crippen LogP contribution >= 0.6 is 22.9 Å². The average Bonchev–Trinajstić information content (AvgIpc) is 2.94. The van der Waals surface area contributed by atoms with Crippen molar-refractivity contribution < 1.29 is 0 Å². The van der Waals surface area contributed by atoms with Crippen molar-refractivity contribution in [1.82, 2.24) is 9.36 Å². The SMILES string of the molecule is Cc1nc(-c2c(N)nsc2N2CC(C)CC(C)C2)cs1. The van der Waals surface area contributed by atoms with E-state index >= 15 is 0 Å². The van der Waals surface area contributed by atoms with Crippen LogP contribution in [-0.2, 0) is 0 Å². The summed E-state index contributed by atoms with van der Waals surface area (Å²) in [5, 5.41) is 4.33. The molecule has 20 heavy (non-hydrogen) atoms. The summed E-state index contributed by atoms with van der Waals surface area (Å²) < 4.78 is 4.37. The van der Waals surface area contributed by atoms with Gasteiger partial charge in [-0.05, 0) is 36.7 Å². The number of hydrogen-bond acceptors (Lipinski definition) is 6. The van der Waals surface area contributed by atoms with Gasteiger partial charge < -0.3 is 10.6 Å². The number of thiazole rings is 1. The lowest BCUT2D eigenvalue weighted by molar-refractivity contribution is 0.358. The van der Waals surface area contributed by atoms with Gasteiger partial charge in [-0.25, -0.2) is 4.98 Å². The monoisotopic (exact) mass is 308 g/mol. The molecule has 0 spiro atoms. The zero-order valence-corrected chi connectivity index (χ0v) is 13.7. The van der Waals surface area contributed by atoms with Crippen molar-refractivity contribution in [2.24, 2.45) is 11.8 Å². The van der Waals surface area contributed by atoms with Gasteiger partial charge in [-0.2, -0.15) is 4.37 Å². The molecule has 0 aliphatic carbocycles. The summed E-state index contributed by atoms with van der Waals surface area (Å²) >= 11 is 3.17. The van der Waals surface area contributed by atoms with Crippen molar-refractivity contribution in [2.45, 2.75) is 27.2 Å². The van der Waals surface area contributed by atoms with Crippen molar-refractivity contribution in [3.63, 3.8) is 0 Å². The number of rotatable bonds is 2. The first-order chi connectivity index (χ1) is 9.54. The van der Waals surface area contributed by atoms with E-state index in [1.54, 1.807) is 11.3 Å². The summed E-state index contributed by atoms with van der Waals surface area (Å²) in [6.45, 7) is 8.83. The highest BCUT2D eigenvalue weighted by molar-refractivity contribution is 7.11. The highest BCUT2D eigenvalue weighted by Gasteiger charge is 2.27. The second kappa shape index (κ2) is 5.33. The van der Waals surface area contributed by atoms with Crippen molar-refractivity contribution in [3.05, 3.63) is 10.4 Å². The smallest absolute Gasteiger partial charge is 0.148 e. The van der Waals surface area contributed by atoms with Crippen molar-refractivity contribution >= 4 is 33.7 Å². The van der Waals surface area contributed by atoms with Crippen LogP contribution in [-0.4, -0.2) is 22.4 Å². The van der Waals surface area contributed by atoms with Gasteiger partial charge in [0.1, 0.15) is 10.8 Å². The molecule has 1 aliphatic rings. The van der Waals surface area contributed by atoms with E-state index in [1.807, 2.05) is 6.92 Å². The molecule has 1 fully saturated rings. The zero-order valence-electron chi connectivity index (χ0n) is 12.1. The molecule has 6 heteroatoms.